The zero-order chi connectivity index (χ0) is 23.4. The molecule has 0 fully saturated rings. The Labute approximate surface area is 192 Å². The zero-order valence-electron chi connectivity index (χ0n) is 19.1. The van der Waals surface area contributed by atoms with Crippen LogP contribution in [0, 0.1) is 0 Å². The molecule has 1 aromatic carbocycles. The summed E-state index contributed by atoms with van der Waals surface area (Å²) in [5, 5.41) is 13.4. The van der Waals surface area contributed by atoms with Gasteiger partial charge < -0.3 is 20.9 Å². The van der Waals surface area contributed by atoms with Gasteiger partial charge in [-0.2, -0.15) is 5.10 Å². The number of amides is 2. The monoisotopic (exact) mass is 445 g/mol. The molecule has 0 aliphatic carbocycles. The number of pyridine rings is 1. The van der Waals surface area contributed by atoms with E-state index in [0.717, 1.165) is 23.4 Å². The average Bonchev–Trinajstić information content (AvgIpc) is 3.22. The van der Waals surface area contributed by atoms with Crippen molar-refractivity contribution in [3.63, 3.8) is 0 Å². The number of fused-ring (bicyclic) bond motifs is 1. The Hall–Kier alpha value is -4.21. The van der Waals surface area contributed by atoms with Crippen molar-refractivity contribution in [1.29, 1.82) is 0 Å². The van der Waals surface area contributed by atoms with Crippen LogP contribution in [0.1, 0.15) is 25.5 Å². The second kappa shape index (κ2) is 9.51. The van der Waals surface area contributed by atoms with E-state index in [-0.39, 0.29) is 12.1 Å². The normalized spacial score (nSPS) is 11.8. The summed E-state index contributed by atoms with van der Waals surface area (Å²) in [4.78, 5) is 27.6. The van der Waals surface area contributed by atoms with E-state index in [0.29, 0.717) is 22.8 Å². The number of nitrogens with one attached hydrogen (secondary N) is 3. The number of urea groups is 1. The Morgan fingerprint density at radius 2 is 1.91 bits per heavy atom. The lowest BCUT2D eigenvalue weighted by atomic mass is 10.1. The van der Waals surface area contributed by atoms with Crippen LogP contribution in [0.4, 0.5) is 27.8 Å². The minimum absolute atomic E-state index is 0.0578. The second-order valence-corrected chi connectivity index (χ2v) is 7.82. The third-order valence-corrected chi connectivity index (χ3v) is 5.07. The number of carbonyl (C=O) groups excluding carboxylic acids is 1. The van der Waals surface area contributed by atoms with Gasteiger partial charge in [-0.3, -0.25) is 4.68 Å². The predicted octanol–water partition coefficient (Wildman–Crippen LogP) is 4.12. The molecule has 4 aromatic rings. The summed E-state index contributed by atoms with van der Waals surface area (Å²) in [6, 6.07) is 10.9. The van der Waals surface area contributed by atoms with Crippen LogP contribution in [-0.4, -0.2) is 44.9 Å². The third kappa shape index (κ3) is 5.35. The molecule has 3 aromatic heterocycles. The second-order valence-electron chi connectivity index (χ2n) is 7.82. The fourth-order valence-corrected chi connectivity index (χ4v) is 3.29. The Balaban J connectivity index is 1.39. The molecule has 0 aliphatic rings. The standard InChI is InChI=1S/C23H27N9O/c1-5-32-14-19-22(30-32)29-20(13-24-19)26-15(2)16-7-6-8-17(11-16)27-23(33)28-18-9-10-21(25-12-18)31(3)4/h6-15H,5H2,1-4H3,(H,26,29,30)(H2,27,28,33)/t15-/m0/s1. The third-order valence-electron chi connectivity index (χ3n) is 5.07. The van der Waals surface area contributed by atoms with Gasteiger partial charge in [-0.1, -0.05) is 12.1 Å². The Kier molecular flexibility index (Phi) is 6.34. The van der Waals surface area contributed by atoms with E-state index in [2.05, 4.69) is 36.0 Å². The number of aromatic nitrogens is 5. The van der Waals surface area contributed by atoms with E-state index < -0.39 is 0 Å². The summed E-state index contributed by atoms with van der Waals surface area (Å²) in [5.41, 5.74) is 3.65. The molecule has 0 saturated carbocycles. The lowest BCUT2D eigenvalue weighted by Crippen LogP contribution is -2.20. The molecule has 2 amide bonds. The van der Waals surface area contributed by atoms with Gasteiger partial charge >= 0.3 is 6.03 Å². The first-order chi connectivity index (χ1) is 15.9. The summed E-state index contributed by atoms with van der Waals surface area (Å²) in [5.74, 6) is 1.46. The first-order valence-corrected chi connectivity index (χ1v) is 10.7. The van der Waals surface area contributed by atoms with Crippen LogP contribution in [0.15, 0.2) is 55.0 Å². The molecular weight excluding hydrogens is 418 g/mol. The molecule has 0 aliphatic heterocycles. The predicted molar refractivity (Wildman–Crippen MR) is 131 cm³/mol. The highest BCUT2D eigenvalue weighted by atomic mass is 16.2. The molecule has 4 rings (SSSR count). The van der Waals surface area contributed by atoms with Crippen LogP contribution >= 0.6 is 0 Å². The van der Waals surface area contributed by atoms with Gasteiger partial charge in [0.1, 0.15) is 17.2 Å². The summed E-state index contributed by atoms with van der Waals surface area (Å²) in [6.45, 7) is 4.81. The molecular formula is C23H27N9O. The smallest absolute Gasteiger partial charge is 0.323 e. The summed E-state index contributed by atoms with van der Waals surface area (Å²) in [6.07, 6.45) is 5.20. The van der Waals surface area contributed by atoms with Gasteiger partial charge in [-0.25, -0.2) is 19.7 Å². The highest BCUT2D eigenvalue weighted by molar-refractivity contribution is 5.99. The number of aryl methyl sites for hydroxylation is 1. The average molecular weight is 446 g/mol. The number of hydrogen-bond donors (Lipinski definition) is 3. The first kappa shape index (κ1) is 22.0. The highest BCUT2D eigenvalue weighted by Crippen LogP contribution is 2.22. The van der Waals surface area contributed by atoms with Crippen molar-refractivity contribution in [3.8, 4) is 0 Å². The van der Waals surface area contributed by atoms with Gasteiger partial charge in [0, 0.05) is 26.3 Å². The molecule has 3 heterocycles. The van der Waals surface area contributed by atoms with Crippen molar-refractivity contribution < 1.29 is 4.79 Å². The van der Waals surface area contributed by atoms with E-state index in [1.807, 2.05) is 80.1 Å². The quantitative estimate of drug-likeness (QED) is 0.392. The van der Waals surface area contributed by atoms with Crippen LogP contribution < -0.4 is 20.9 Å². The van der Waals surface area contributed by atoms with Crippen molar-refractivity contribution in [3.05, 3.63) is 60.6 Å². The fraction of sp³-hybridized carbons (Fsp3) is 0.261. The maximum absolute atomic E-state index is 12.4. The Bertz CT molecular complexity index is 1250. The minimum atomic E-state index is -0.338. The topological polar surface area (TPSA) is 113 Å². The number of anilines is 4. The fourth-order valence-electron chi connectivity index (χ4n) is 3.29. The summed E-state index contributed by atoms with van der Waals surface area (Å²) >= 11 is 0. The van der Waals surface area contributed by atoms with Crippen LogP contribution in [0.2, 0.25) is 0 Å². The molecule has 33 heavy (non-hydrogen) atoms. The SMILES string of the molecule is CCn1cc2ncc(N[C@@H](C)c3cccc(NC(=O)Nc4ccc(N(C)C)nc4)c3)nc2n1. The minimum Gasteiger partial charge on any atom is -0.363 e. The van der Waals surface area contributed by atoms with Gasteiger partial charge in [-0.15, -0.1) is 0 Å². The molecule has 10 nitrogen and oxygen atoms in total. The van der Waals surface area contributed by atoms with E-state index in [1.165, 1.54) is 0 Å². The summed E-state index contributed by atoms with van der Waals surface area (Å²) in [7, 11) is 3.82. The maximum atomic E-state index is 12.4. The van der Waals surface area contributed by atoms with Crippen molar-refractivity contribution in [1.82, 2.24) is 24.7 Å². The van der Waals surface area contributed by atoms with E-state index in [9.17, 15) is 4.79 Å². The molecule has 1 atom stereocenters. The van der Waals surface area contributed by atoms with E-state index >= 15 is 0 Å². The molecule has 0 spiro atoms. The van der Waals surface area contributed by atoms with Crippen LogP contribution in [0.5, 0.6) is 0 Å². The van der Waals surface area contributed by atoms with Crippen molar-refractivity contribution in [2.45, 2.75) is 26.4 Å². The lowest BCUT2D eigenvalue weighted by Gasteiger charge is -2.16. The number of carbonyl (C=O) groups is 1. The van der Waals surface area contributed by atoms with Gasteiger partial charge in [0.2, 0.25) is 5.65 Å². The Morgan fingerprint density at radius 1 is 1.09 bits per heavy atom. The van der Waals surface area contributed by atoms with Gasteiger partial charge in [0.25, 0.3) is 0 Å². The lowest BCUT2D eigenvalue weighted by molar-refractivity contribution is 0.262. The van der Waals surface area contributed by atoms with Gasteiger partial charge in [0.15, 0.2) is 0 Å². The largest absolute Gasteiger partial charge is 0.363 e. The van der Waals surface area contributed by atoms with Crippen LogP contribution in [0.25, 0.3) is 11.2 Å². The molecule has 0 saturated heterocycles. The molecule has 0 radical (unpaired) electrons. The van der Waals surface area contributed by atoms with Crippen LogP contribution in [0.3, 0.4) is 0 Å². The van der Waals surface area contributed by atoms with Crippen molar-refractivity contribution >= 4 is 40.2 Å². The van der Waals surface area contributed by atoms with E-state index in [1.54, 1.807) is 12.4 Å². The summed E-state index contributed by atoms with van der Waals surface area (Å²) < 4.78 is 1.81. The molecule has 0 bridgehead atoms. The van der Waals surface area contributed by atoms with Crippen LogP contribution in [-0.2, 0) is 6.54 Å². The number of nitrogens with zero attached hydrogens (tertiary/aromatic N) is 6. The highest BCUT2D eigenvalue weighted by Gasteiger charge is 2.11. The number of benzene rings is 1. The number of hydrogen-bond acceptors (Lipinski definition) is 7. The zero-order valence-corrected chi connectivity index (χ0v) is 19.1. The number of rotatable bonds is 7. The Morgan fingerprint density at radius 3 is 2.64 bits per heavy atom. The van der Waals surface area contributed by atoms with E-state index in [4.69, 9.17) is 0 Å². The molecule has 3 N–H and O–H groups in total. The maximum Gasteiger partial charge on any atom is 0.323 e. The van der Waals surface area contributed by atoms with Gasteiger partial charge in [0.05, 0.1) is 30.3 Å². The van der Waals surface area contributed by atoms with Crippen molar-refractivity contribution in [2.24, 2.45) is 0 Å². The molecule has 170 valence electrons. The van der Waals surface area contributed by atoms with Crippen molar-refractivity contribution in [2.75, 3.05) is 34.9 Å². The molecule has 10 heteroatoms. The first-order valence-electron chi connectivity index (χ1n) is 10.7. The molecule has 0 unspecified atom stereocenters. The van der Waals surface area contributed by atoms with Gasteiger partial charge in [-0.05, 0) is 43.7 Å².